The van der Waals surface area contributed by atoms with Crippen LogP contribution in [0.3, 0.4) is 0 Å². The Kier molecular flexibility index (Phi) is 4.89. The molecule has 0 aliphatic rings. The van der Waals surface area contributed by atoms with Crippen molar-refractivity contribution >= 4 is 23.0 Å². The lowest BCUT2D eigenvalue weighted by Crippen LogP contribution is -2.14. The van der Waals surface area contributed by atoms with Gasteiger partial charge in [-0.15, -0.1) is 0 Å². The van der Waals surface area contributed by atoms with Crippen molar-refractivity contribution in [2.24, 2.45) is 0 Å². The highest BCUT2D eigenvalue weighted by molar-refractivity contribution is 6.03. The van der Waals surface area contributed by atoms with E-state index in [-0.39, 0.29) is 5.69 Å². The van der Waals surface area contributed by atoms with Crippen molar-refractivity contribution in [1.29, 1.82) is 0 Å². The van der Waals surface area contributed by atoms with E-state index < -0.39 is 11.7 Å². The quantitative estimate of drug-likeness (QED) is 0.731. The normalized spacial score (nSPS) is 10.2. The summed E-state index contributed by atoms with van der Waals surface area (Å²) in [6, 6.07) is 16.5. The van der Waals surface area contributed by atoms with Gasteiger partial charge in [0.1, 0.15) is 17.3 Å². The largest absolute Gasteiger partial charge is 0.495 e. The molecule has 126 valence electrons. The first kappa shape index (κ1) is 16.4. The summed E-state index contributed by atoms with van der Waals surface area (Å²) in [5.41, 5.74) is 2.04. The van der Waals surface area contributed by atoms with Gasteiger partial charge in [0.25, 0.3) is 5.91 Å². The second-order valence-corrected chi connectivity index (χ2v) is 5.22. The van der Waals surface area contributed by atoms with E-state index in [2.05, 4.69) is 15.6 Å². The minimum atomic E-state index is -0.422. The molecule has 3 rings (SSSR count). The fourth-order valence-electron chi connectivity index (χ4n) is 2.30. The third-order valence-electron chi connectivity index (χ3n) is 3.46. The molecule has 0 saturated carbocycles. The van der Waals surface area contributed by atoms with Crippen LogP contribution >= 0.6 is 0 Å². The van der Waals surface area contributed by atoms with Gasteiger partial charge < -0.3 is 15.4 Å². The predicted molar refractivity (Wildman–Crippen MR) is 94.9 cm³/mol. The van der Waals surface area contributed by atoms with Crippen molar-refractivity contribution in [2.45, 2.75) is 0 Å². The van der Waals surface area contributed by atoms with Gasteiger partial charge in [-0.2, -0.15) is 0 Å². The average Bonchev–Trinajstić information content (AvgIpc) is 2.62. The van der Waals surface area contributed by atoms with Gasteiger partial charge in [-0.05, 0) is 42.5 Å². The molecule has 1 heterocycles. The van der Waals surface area contributed by atoms with E-state index in [0.717, 1.165) is 5.69 Å². The Labute approximate surface area is 144 Å². The molecule has 6 heteroatoms. The number of anilines is 3. The molecule has 0 atom stereocenters. The van der Waals surface area contributed by atoms with Crippen LogP contribution in [0.25, 0.3) is 0 Å². The Morgan fingerprint density at radius 3 is 2.68 bits per heavy atom. The van der Waals surface area contributed by atoms with E-state index in [9.17, 15) is 9.18 Å². The summed E-state index contributed by atoms with van der Waals surface area (Å²) >= 11 is 0. The molecule has 0 unspecified atom stereocenters. The van der Waals surface area contributed by atoms with Crippen molar-refractivity contribution in [3.8, 4) is 5.75 Å². The van der Waals surface area contributed by atoms with E-state index in [0.29, 0.717) is 17.1 Å². The summed E-state index contributed by atoms with van der Waals surface area (Å²) in [5, 5.41) is 5.81. The summed E-state index contributed by atoms with van der Waals surface area (Å²) in [6.07, 6.45) is 1.53. The zero-order valence-electron chi connectivity index (χ0n) is 13.5. The van der Waals surface area contributed by atoms with Gasteiger partial charge in [-0.25, -0.2) is 4.39 Å². The summed E-state index contributed by atoms with van der Waals surface area (Å²) in [5.74, 6) is -0.156. The summed E-state index contributed by atoms with van der Waals surface area (Å²) in [7, 11) is 1.59. The molecule has 0 saturated heterocycles. The predicted octanol–water partition coefficient (Wildman–Crippen LogP) is 4.23. The second-order valence-electron chi connectivity index (χ2n) is 5.22. The Morgan fingerprint density at radius 2 is 1.88 bits per heavy atom. The molecule has 3 aromatic rings. The summed E-state index contributed by atoms with van der Waals surface area (Å²) in [6.45, 7) is 0. The van der Waals surface area contributed by atoms with Crippen molar-refractivity contribution in [1.82, 2.24) is 4.98 Å². The number of hydrogen-bond acceptors (Lipinski definition) is 4. The number of aromatic nitrogens is 1. The van der Waals surface area contributed by atoms with Crippen LogP contribution in [0, 0.1) is 5.82 Å². The molecule has 2 N–H and O–H groups in total. The molecular weight excluding hydrogens is 321 g/mol. The van der Waals surface area contributed by atoms with Crippen LogP contribution in [0.15, 0.2) is 66.9 Å². The van der Waals surface area contributed by atoms with E-state index in [4.69, 9.17) is 4.74 Å². The molecule has 0 bridgehead atoms. The van der Waals surface area contributed by atoms with Gasteiger partial charge in [0.15, 0.2) is 0 Å². The number of rotatable bonds is 5. The molecule has 1 amide bonds. The van der Waals surface area contributed by atoms with Crippen molar-refractivity contribution in [2.75, 3.05) is 17.7 Å². The van der Waals surface area contributed by atoms with Crippen LogP contribution in [-0.4, -0.2) is 18.0 Å². The van der Waals surface area contributed by atoms with Crippen LogP contribution in [-0.2, 0) is 0 Å². The maximum Gasteiger partial charge on any atom is 0.274 e. The molecule has 25 heavy (non-hydrogen) atoms. The number of carbonyl (C=O) groups is 1. The maximum absolute atomic E-state index is 13.2. The first-order valence-corrected chi connectivity index (χ1v) is 7.59. The smallest absolute Gasteiger partial charge is 0.274 e. The average molecular weight is 337 g/mol. The van der Waals surface area contributed by atoms with Gasteiger partial charge in [-0.3, -0.25) is 9.78 Å². The highest BCUT2D eigenvalue weighted by Gasteiger charge is 2.10. The molecule has 0 spiro atoms. The third-order valence-corrected chi connectivity index (χ3v) is 3.46. The number of para-hydroxylation sites is 2. The number of pyridine rings is 1. The molecule has 0 aliphatic heterocycles. The van der Waals surface area contributed by atoms with Gasteiger partial charge in [0, 0.05) is 17.6 Å². The van der Waals surface area contributed by atoms with E-state index in [1.165, 1.54) is 24.4 Å². The molecular formula is C19H16FN3O2. The third kappa shape index (κ3) is 4.11. The van der Waals surface area contributed by atoms with E-state index in [1.54, 1.807) is 25.3 Å². The monoisotopic (exact) mass is 337 g/mol. The molecule has 0 radical (unpaired) electrons. The first-order valence-electron chi connectivity index (χ1n) is 7.59. The Morgan fingerprint density at radius 1 is 1.04 bits per heavy atom. The van der Waals surface area contributed by atoms with Crippen molar-refractivity contribution in [3.05, 3.63) is 78.4 Å². The highest BCUT2D eigenvalue weighted by atomic mass is 19.1. The van der Waals surface area contributed by atoms with Gasteiger partial charge in [0.2, 0.25) is 0 Å². The zero-order valence-corrected chi connectivity index (χ0v) is 13.5. The number of hydrogen-bond donors (Lipinski definition) is 2. The molecule has 5 nitrogen and oxygen atoms in total. The van der Waals surface area contributed by atoms with Crippen LogP contribution in [0.1, 0.15) is 10.5 Å². The Hall–Kier alpha value is -3.41. The number of amides is 1. The Bertz CT molecular complexity index is 899. The number of methoxy groups -OCH3 is 1. The lowest BCUT2D eigenvalue weighted by Gasteiger charge is -2.11. The van der Waals surface area contributed by atoms with Crippen LogP contribution < -0.4 is 15.4 Å². The van der Waals surface area contributed by atoms with E-state index in [1.807, 2.05) is 24.3 Å². The Balaban J connectivity index is 1.78. The van der Waals surface area contributed by atoms with E-state index >= 15 is 0 Å². The molecule has 0 fully saturated rings. The SMILES string of the molecule is COc1ccccc1Nc1ccnc(C(=O)Nc2cccc(F)c2)c1. The number of ether oxygens (including phenoxy) is 1. The molecule has 0 aliphatic carbocycles. The number of carbonyl (C=O) groups excluding carboxylic acids is 1. The standard InChI is InChI=1S/C19H16FN3O2/c1-25-18-8-3-2-7-16(18)22-15-9-10-21-17(12-15)19(24)23-14-6-4-5-13(20)11-14/h2-12H,1H3,(H,21,22)(H,23,24). The maximum atomic E-state index is 13.2. The lowest BCUT2D eigenvalue weighted by molar-refractivity contribution is 0.102. The van der Waals surface area contributed by atoms with Crippen LogP contribution in [0.4, 0.5) is 21.5 Å². The molecule has 1 aromatic heterocycles. The zero-order chi connectivity index (χ0) is 17.6. The lowest BCUT2D eigenvalue weighted by atomic mass is 10.2. The summed E-state index contributed by atoms with van der Waals surface area (Å²) in [4.78, 5) is 16.4. The van der Waals surface area contributed by atoms with Crippen LogP contribution in [0.2, 0.25) is 0 Å². The first-order chi connectivity index (χ1) is 12.2. The minimum absolute atomic E-state index is 0.212. The van der Waals surface area contributed by atoms with Crippen LogP contribution in [0.5, 0.6) is 5.75 Å². The fraction of sp³-hybridized carbons (Fsp3) is 0.0526. The topological polar surface area (TPSA) is 63.2 Å². The van der Waals surface area contributed by atoms with Gasteiger partial charge in [-0.1, -0.05) is 18.2 Å². The number of nitrogens with one attached hydrogen (secondary N) is 2. The van der Waals surface area contributed by atoms with Crippen molar-refractivity contribution in [3.63, 3.8) is 0 Å². The molecule has 2 aromatic carbocycles. The second kappa shape index (κ2) is 7.44. The van der Waals surface area contributed by atoms with Crippen molar-refractivity contribution < 1.29 is 13.9 Å². The number of halogens is 1. The highest BCUT2D eigenvalue weighted by Crippen LogP contribution is 2.27. The minimum Gasteiger partial charge on any atom is -0.495 e. The fourth-order valence-corrected chi connectivity index (χ4v) is 2.30. The number of benzene rings is 2. The van der Waals surface area contributed by atoms with Gasteiger partial charge in [0.05, 0.1) is 12.8 Å². The summed E-state index contributed by atoms with van der Waals surface area (Å²) < 4.78 is 18.5. The number of nitrogens with zero attached hydrogens (tertiary/aromatic N) is 1. The van der Waals surface area contributed by atoms with Gasteiger partial charge >= 0.3 is 0 Å².